The predicted molar refractivity (Wildman–Crippen MR) is 163 cm³/mol. The van der Waals surface area contributed by atoms with Crippen molar-refractivity contribution in [2.45, 2.75) is 12.8 Å². The minimum atomic E-state index is -0.330. The summed E-state index contributed by atoms with van der Waals surface area (Å²) in [6.45, 7) is 3.93. The Morgan fingerprint density at radius 3 is 2.07 bits per heavy atom. The highest BCUT2D eigenvalue weighted by atomic mass is 35.5. The normalized spacial score (nSPS) is 15.1. The Bertz CT molecular complexity index is 1380. The molecule has 0 saturated carbocycles. The highest BCUT2D eigenvalue weighted by Crippen LogP contribution is 2.40. The zero-order chi connectivity index (χ0) is 28.2. The summed E-state index contributed by atoms with van der Waals surface area (Å²) >= 11 is 0. The van der Waals surface area contributed by atoms with E-state index < -0.39 is 0 Å². The van der Waals surface area contributed by atoms with E-state index in [1.165, 1.54) is 21.3 Å². The van der Waals surface area contributed by atoms with E-state index in [-0.39, 0.29) is 24.2 Å². The third-order valence-electron chi connectivity index (χ3n) is 7.61. The van der Waals surface area contributed by atoms with Crippen LogP contribution in [0.1, 0.15) is 21.5 Å². The zero-order valence-electron chi connectivity index (χ0n) is 23.9. The number of carbonyl (C=O) groups excluding carboxylic acids is 2. The van der Waals surface area contributed by atoms with Crippen molar-refractivity contribution in [3.8, 4) is 17.2 Å². The molecule has 9 nitrogen and oxygen atoms in total. The van der Waals surface area contributed by atoms with Crippen molar-refractivity contribution in [2.24, 2.45) is 0 Å². The Hall–Kier alpha value is -3.79. The highest BCUT2D eigenvalue weighted by molar-refractivity contribution is 6.07. The van der Waals surface area contributed by atoms with Gasteiger partial charge >= 0.3 is 0 Å². The molecule has 5 rings (SSSR count). The van der Waals surface area contributed by atoms with Crippen LogP contribution in [0, 0.1) is 0 Å². The molecule has 2 heterocycles. The number of hydrogen-bond donors (Lipinski definition) is 1. The fraction of sp³-hybridized carbons (Fsp3) is 0.355. The van der Waals surface area contributed by atoms with E-state index in [2.05, 4.69) is 28.2 Å². The number of hydrogen-bond acceptors (Lipinski definition) is 7. The number of para-hydroxylation sites is 1. The number of nitrogens with one attached hydrogen (secondary N) is 1. The number of methoxy groups -OCH3 is 3. The molecular formula is C31H37ClN4O5. The first-order valence-corrected chi connectivity index (χ1v) is 13.5. The minimum absolute atomic E-state index is 0. The van der Waals surface area contributed by atoms with Gasteiger partial charge in [-0.05, 0) is 61.3 Å². The minimum Gasteiger partial charge on any atom is -0.493 e. The third-order valence-corrected chi connectivity index (χ3v) is 7.61. The van der Waals surface area contributed by atoms with Crippen LogP contribution in [0.4, 0.5) is 17.1 Å². The maximum atomic E-state index is 13.9. The standard InChI is InChI=1S/C31H36N4O5.ClH/c1-33-13-15-34(16-14-33)20-29(36)35-25-8-6-5-7-21(25)9-10-22-11-12-24(19-26(22)35)32-31(37)23-17-27(38-2)30(40-4)28(18-23)39-3;/h5-8,11-12,17-19H,9-10,13-16,20H2,1-4H3,(H,32,37);1H. The predicted octanol–water partition coefficient (Wildman–Crippen LogP) is 4.40. The third kappa shape index (κ3) is 6.43. The lowest BCUT2D eigenvalue weighted by Crippen LogP contribution is -2.48. The molecule has 41 heavy (non-hydrogen) atoms. The van der Waals surface area contributed by atoms with Crippen LogP contribution in [-0.2, 0) is 17.6 Å². The van der Waals surface area contributed by atoms with Crippen LogP contribution in [0.3, 0.4) is 0 Å². The molecular weight excluding hydrogens is 544 g/mol. The molecule has 0 bridgehead atoms. The van der Waals surface area contributed by atoms with Crippen molar-refractivity contribution in [2.75, 3.05) is 71.3 Å². The van der Waals surface area contributed by atoms with Gasteiger partial charge < -0.3 is 24.4 Å². The van der Waals surface area contributed by atoms with Crippen LogP contribution >= 0.6 is 12.4 Å². The lowest BCUT2D eigenvalue weighted by atomic mass is 10.0. The van der Waals surface area contributed by atoms with Crippen LogP contribution in [0.5, 0.6) is 17.2 Å². The Morgan fingerprint density at radius 2 is 1.44 bits per heavy atom. The molecule has 3 aromatic carbocycles. The van der Waals surface area contributed by atoms with E-state index in [0.717, 1.165) is 61.5 Å². The SMILES string of the molecule is COc1cc(C(=O)Nc2ccc3c(c2)N(C(=O)CN2CCN(C)CC2)c2ccccc2CC3)cc(OC)c1OC.Cl. The van der Waals surface area contributed by atoms with Gasteiger partial charge in [0, 0.05) is 37.4 Å². The fourth-order valence-corrected chi connectivity index (χ4v) is 5.35. The molecule has 0 spiro atoms. The zero-order valence-corrected chi connectivity index (χ0v) is 24.8. The molecule has 0 radical (unpaired) electrons. The number of fused-ring (bicyclic) bond motifs is 2. The molecule has 0 aliphatic carbocycles. The average Bonchev–Trinajstić information content (AvgIpc) is 3.14. The molecule has 1 fully saturated rings. The number of carbonyl (C=O) groups is 2. The van der Waals surface area contributed by atoms with Crippen LogP contribution < -0.4 is 24.4 Å². The summed E-state index contributed by atoms with van der Waals surface area (Å²) in [4.78, 5) is 33.6. The van der Waals surface area contributed by atoms with Crippen molar-refractivity contribution in [1.82, 2.24) is 9.80 Å². The quantitative estimate of drug-likeness (QED) is 0.443. The summed E-state index contributed by atoms with van der Waals surface area (Å²) in [5, 5.41) is 2.99. The van der Waals surface area contributed by atoms with Gasteiger partial charge in [-0.25, -0.2) is 0 Å². The Balaban J connectivity index is 0.00000387. The summed E-state index contributed by atoms with van der Waals surface area (Å²) in [5.74, 6) is 0.897. The van der Waals surface area contributed by atoms with Crippen LogP contribution in [0.2, 0.25) is 0 Å². The Morgan fingerprint density at radius 1 is 0.805 bits per heavy atom. The number of ether oxygens (including phenoxy) is 3. The number of likely N-dealkylation sites (N-methyl/N-ethyl adjacent to an activating group) is 1. The first kappa shape index (κ1) is 30.2. The smallest absolute Gasteiger partial charge is 0.255 e. The van der Waals surface area contributed by atoms with E-state index in [0.29, 0.717) is 35.0 Å². The summed E-state index contributed by atoms with van der Waals surface area (Å²) < 4.78 is 16.2. The van der Waals surface area contributed by atoms with Gasteiger partial charge in [0.15, 0.2) is 11.5 Å². The van der Waals surface area contributed by atoms with Gasteiger partial charge in [-0.1, -0.05) is 24.3 Å². The molecule has 1 N–H and O–H groups in total. The maximum Gasteiger partial charge on any atom is 0.255 e. The Labute approximate surface area is 247 Å². The summed E-state index contributed by atoms with van der Waals surface area (Å²) in [7, 11) is 6.65. The van der Waals surface area contributed by atoms with Gasteiger partial charge in [0.05, 0.1) is 39.2 Å². The molecule has 2 aliphatic heterocycles. The molecule has 2 aliphatic rings. The molecule has 218 valence electrons. The van der Waals surface area contributed by atoms with Crippen molar-refractivity contribution < 1.29 is 23.8 Å². The van der Waals surface area contributed by atoms with E-state index in [1.54, 1.807) is 12.1 Å². The molecule has 2 amide bonds. The first-order chi connectivity index (χ1) is 19.4. The van der Waals surface area contributed by atoms with Gasteiger partial charge in [-0.3, -0.25) is 19.4 Å². The number of piperazine rings is 1. The van der Waals surface area contributed by atoms with Gasteiger partial charge in [0.2, 0.25) is 11.7 Å². The largest absolute Gasteiger partial charge is 0.493 e. The first-order valence-electron chi connectivity index (χ1n) is 13.5. The van der Waals surface area contributed by atoms with Gasteiger partial charge in [0.25, 0.3) is 5.91 Å². The number of rotatable bonds is 7. The van der Waals surface area contributed by atoms with Crippen molar-refractivity contribution in [3.63, 3.8) is 0 Å². The molecule has 3 aromatic rings. The second-order valence-electron chi connectivity index (χ2n) is 10.1. The number of amides is 2. The van der Waals surface area contributed by atoms with Gasteiger partial charge in [0.1, 0.15) is 0 Å². The molecule has 0 atom stereocenters. The highest BCUT2D eigenvalue weighted by Gasteiger charge is 2.28. The van der Waals surface area contributed by atoms with E-state index >= 15 is 0 Å². The maximum absolute atomic E-state index is 13.9. The average molecular weight is 581 g/mol. The number of aryl methyl sites for hydroxylation is 2. The lowest BCUT2D eigenvalue weighted by molar-refractivity contribution is -0.119. The second-order valence-corrected chi connectivity index (χ2v) is 10.1. The number of halogens is 1. The van der Waals surface area contributed by atoms with Crippen molar-refractivity contribution >= 4 is 41.3 Å². The van der Waals surface area contributed by atoms with E-state index in [9.17, 15) is 9.59 Å². The summed E-state index contributed by atoms with van der Waals surface area (Å²) in [6.07, 6.45) is 1.63. The van der Waals surface area contributed by atoms with Crippen LogP contribution in [0.15, 0.2) is 54.6 Å². The topological polar surface area (TPSA) is 83.6 Å². The molecule has 1 saturated heterocycles. The number of benzene rings is 3. The van der Waals surface area contributed by atoms with E-state index in [1.807, 2.05) is 41.3 Å². The van der Waals surface area contributed by atoms with E-state index in [4.69, 9.17) is 14.2 Å². The van der Waals surface area contributed by atoms with Crippen molar-refractivity contribution in [3.05, 3.63) is 71.3 Å². The van der Waals surface area contributed by atoms with Crippen LogP contribution in [-0.4, -0.2) is 82.7 Å². The summed E-state index contributed by atoms with van der Waals surface area (Å²) in [5.41, 5.74) is 4.84. The monoisotopic (exact) mass is 580 g/mol. The lowest BCUT2D eigenvalue weighted by Gasteiger charge is -2.34. The van der Waals surface area contributed by atoms with Gasteiger partial charge in [-0.2, -0.15) is 0 Å². The molecule has 0 aromatic heterocycles. The summed E-state index contributed by atoms with van der Waals surface area (Å²) in [6, 6.07) is 17.1. The molecule has 10 heteroatoms. The van der Waals surface area contributed by atoms with Gasteiger partial charge in [-0.15, -0.1) is 12.4 Å². The fourth-order valence-electron chi connectivity index (χ4n) is 5.35. The van der Waals surface area contributed by atoms with Crippen LogP contribution in [0.25, 0.3) is 0 Å². The Kier molecular flexibility index (Phi) is 9.75. The van der Waals surface area contributed by atoms with Crippen molar-refractivity contribution in [1.29, 1.82) is 0 Å². The second kappa shape index (κ2) is 13.2. The number of anilines is 3. The number of nitrogens with zero attached hydrogens (tertiary/aromatic N) is 3. The molecule has 0 unspecified atom stereocenters.